The lowest BCUT2D eigenvalue weighted by molar-refractivity contribution is -0.0505. The van der Waals surface area contributed by atoms with E-state index in [1.165, 1.54) is 38.2 Å². The van der Waals surface area contributed by atoms with Gasteiger partial charge in [-0.1, -0.05) is 6.42 Å². The maximum absolute atomic E-state index is 12.7. The van der Waals surface area contributed by atoms with Crippen molar-refractivity contribution in [3.05, 3.63) is 17.7 Å². The quantitative estimate of drug-likeness (QED) is 0.332. The number of halogens is 3. The highest BCUT2D eigenvalue weighted by Crippen LogP contribution is 2.56. The number of aliphatic imine (C=N–C) groups is 1. The van der Waals surface area contributed by atoms with Gasteiger partial charge in [0.05, 0.1) is 0 Å². The van der Waals surface area contributed by atoms with Crippen molar-refractivity contribution in [2.75, 3.05) is 20.4 Å². The van der Waals surface area contributed by atoms with E-state index in [1.807, 2.05) is 0 Å². The fraction of sp³-hybridized carbons (Fsp3) is 0.632. The van der Waals surface area contributed by atoms with Crippen LogP contribution in [0.25, 0.3) is 0 Å². The first kappa shape index (κ1) is 21.2. The van der Waals surface area contributed by atoms with Gasteiger partial charge in [-0.15, -0.1) is 24.0 Å². The van der Waals surface area contributed by atoms with E-state index in [0.29, 0.717) is 28.4 Å². The fourth-order valence-electron chi connectivity index (χ4n) is 4.02. The van der Waals surface area contributed by atoms with Crippen LogP contribution in [0, 0.1) is 11.3 Å². The Morgan fingerprint density at radius 2 is 1.96 bits per heavy atom. The second-order valence-electron chi connectivity index (χ2n) is 7.46. The number of alkyl halides is 2. The summed E-state index contributed by atoms with van der Waals surface area (Å²) in [6, 6.07) is 3.11. The summed E-state index contributed by atoms with van der Waals surface area (Å²) in [4.78, 5) is 4.26. The minimum Gasteiger partial charge on any atom is -0.454 e. The highest BCUT2D eigenvalue weighted by atomic mass is 127. The van der Waals surface area contributed by atoms with Crippen molar-refractivity contribution in [2.24, 2.45) is 16.3 Å². The summed E-state index contributed by atoms with van der Waals surface area (Å²) in [7, 11) is 1.70. The summed E-state index contributed by atoms with van der Waals surface area (Å²) in [5.41, 5.74) is 0.975. The van der Waals surface area contributed by atoms with Gasteiger partial charge in [-0.25, -0.2) is 0 Å². The number of benzene rings is 1. The molecule has 6 nitrogen and oxygen atoms in total. The Labute approximate surface area is 180 Å². The molecule has 3 aliphatic rings. The molecule has 1 aromatic rings. The van der Waals surface area contributed by atoms with Gasteiger partial charge in [-0.05, 0) is 43.1 Å². The lowest BCUT2D eigenvalue weighted by Gasteiger charge is -2.43. The molecule has 28 heavy (non-hydrogen) atoms. The Hall–Kier alpha value is -1.52. The van der Waals surface area contributed by atoms with E-state index in [4.69, 9.17) is 9.47 Å². The molecule has 0 unspecified atom stereocenters. The molecule has 2 N–H and O–H groups in total. The van der Waals surface area contributed by atoms with Crippen LogP contribution in [0.15, 0.2) is 17.1 Å². The Bertz CT molecular complexity index is 725. The number of hydrogen-bond acceptors (Lipinski definition) is 4. The Morgan fingerprint density at radius 3 is 2.54 bits per heavy atom. The van der Waals surface area contributed by atoms with E-state index < -0.39 is 6.61 Å². The average Bonchev–Trinajstić information content (AvgIpc) is 3.35. The van der Waals surface area contributed by atoms with Crippen LogP contribution < -0.4 is 24.8 Å². The summed E-state index contributed by atoms with van der Waals surface area (Å²) in [6.07, 6.45) is 6.51. The number of guanidine groups is 1. The zero-order valence-corrected chi connectivity index (χ0v) is 18.1. The predicted molar refractivity (Wildman–Crippen MR) is 112 cm³/mol. The van der Waals surface area contributed by atoms with Crippen LogP contribution in [0.5, 0.6) is 17.2 Å². The van der Waals surface area contributed by atoms with Crippen LogP contribution in [0.4, 0.5) is 8.78 Å². The van der Waals surface area contributed by atoms with Crippen LogP contribution in [0.1, 0.15) is 37.7 Å². The zero-order chi connectivity index (χ0) is 18.9. The minimum atomic E-state index is -2.90. The maximum atomic E-state index is 12.7. The molecule has 0 amide bonds. The summed E-state index contributed by atoms with van der Waals surface area (Å²) in [6.45, 7) is -1.64. The third-order valence-corrected chi connectivity index (χ3v) is 5.84. The number of ether oxygens (including phenoxy) is 3. The van der Waals surface area contributed by atoms with E-state index in [1.54, 1.807) is 13.1 Å². The average molecular weight is 509 g/mol. The monoisotopic (exact) mass is 509 g/mol. The molecule has 1 heterocycles. The molecule has 0 spiro atoms. The van der Waals surface area contributed by atoms with Gasteiger partial charge >= 0.3 is 6.61 Å². The number of nitrogens with zero attached hydrogens (tertiary/aromatic N) is 1. The molecular weight excluding hydrogens is 483 g/mol. The van der Waals surface area contributed by atoms with Gasteiger partial charge < -0.3 is 24.8 Å². The second-order valence-corrected chi connectivity index (χ2v) is 7.46. The van der Waals surface area contributed by atoms with Crippen molar-refractivity contribution in [1.82, 2.24) is 10.6 Å². The SMILES string of the molecule is CN=C(NCc1cc2c(cc1OC(F)F)OCO2)NCC1(C2CC2)CCC1.I. The van der Waals surface area contributed by atoms with Gasteiger partial charge in [0.2, 0.25) is 6.79 Å². The van der Waals surface area contributed by atoms with E-state index >= 15 is 0 Å². The van der Waals surface area contributed by atoms with Crippen LogP contribution in [-0.4, -0.2) is 33.0 Å². The van der Waals surface area contributed by atoms with Gasteiger partial charge in [0.1, 0.15) is 5.75 Å². The van der Waals surface area contributed by atoms with Crippen molar-refractivity contribution in [1.29, 1.82) is 0 Å². The van der Waals surface area contributed by atoms with Gasteiger partial charge in [0, 0.05) is 31.8 Å². The standard InChI is InChI=1S/C19H25F2N3O3.HI/c1-22-18(24-10-19(5-2-6-19)13-3-4-13)23-9-12-7-15-16(26-11-25-15)8-14(12)27-17(20)21;/h7-8,13,17H,2-6,9-11H2,1H3,(H2,22,23,24);1H. The first-order valence-electron chi connectivity index (χ1n) is 9.41. The molecule has 0 saturated heterocycles. The largest absolute Gasteiger partial charge is 0.454 e. The lowest BCUT2D eigenvalue weighted by atomic mass is 9.65. The molecule has 1 aliphatic heterocycles. The number of rotatable bonds is 7. The molecule has 0 radical (unpaired) electrons. The number of nitrogens with one attached hydrogen (secondary N) is 2. The highest BCUT2D eigenvalue weighted by Gasteiger charge is 2.48. The van der Waals surface area contributed by atoms with Gasteiger partial charge in [-0.3, -0.25) is 4.99 Å². The molecule has 0 aromatic heterocycles. The summed E-state index contributed by atoms with van der Waals surface area (Å²) in [5, 5.41) is 6.60. The molecule has 9 heteroatoms. The maximum Gasteiger partial charge on any atom is 0.387 e. The Morgan fingerprint density at radius 1 is 1.25 bits per heavy atom. The molecule has 2 aliphatic carbocycles. The smallest absolute Gasteiger partial charge is 0.387 e. The summed E-state index contributed by atoms with van der Waals surface area (Å²) < 4.78 is 40.7. The topological polar surface area (TPSA) is 64.1 Å². The van der Waals surface area contributed by atoms with Gasteiger partial charge in [-0.2, -0.15) is 8.78 Å². The Balaban J connectivity index is 0.00000225. The van der Waals surface area contributed by atoms with E-state index in [2.05, 4.69) is 20.4 Å². The highest BCUT2D eigenvalue weighted by molar-refractivity contribution is 14.0. The Kier molecular flexibility index (Phi) is 6.72. The van der Waals surface area contributed by atoms with Crippen LogP contribution in [0.3, 0.4) is 0 Å². The summed E-state index contributed by atoms with van der Waals surface area (Å²) >= 11 is 0. The molecule has 156 valence electrons. The molecule has 2 fully saturated rings. The third kappa shape index (κ3) is 4.55. The van der Waals surface area contributed by atoms with Crippen molar-refractivity contribution < 1.29 is 23.0 Å². The molecule has 1 aromatic carbocycles. The molecule has 4 rings (SSSR count). The van der Waals surface area contributed by atoms with Crippen molar-refractivity contribution in [3.8, 4) is 17.2 Å². The summed E-state index contributed by atoms with van der Waals surface area (Å²) in [5.74, 6) is 2.51. The van der Waals surface area contributed by atoms with Crippen molar-refractivity contribution in [3.63, 3.8) is 0 Å². The third-order valence-electron chi connectivity index (χ3n) is 5.84. The van der Waals surface area contributed by atoms with Crippen LogP contribution in [0.2, 0.25) is 0 Å². The first-order valence-corrected chi connectivity index (χ1v) is 9.41. The van der Waals surface area contributed by atoms with Crippen molar-refractivity contribution in [2.45, 2.75) is 45.3 Å². The number of hydrogen-bond donors (Lipinski definition) is 2. The molecular formula is C19H26F2IN3O3. The fourth-order valence-corrected chi connectivity index (χ4v) is 4.02. The lowest BCUT2D eigenvalue weighted by Crippen LogP contribution is -2.47. The minimum absolute atomic E-state index is 0. The predicted octanol–water partition coefficient (Wildman–Crippen LogP) is 3.88. The first-order chi connectivity index (χ1) is 13.1. The normalized spacial score (nSPS) is 19.6. The number of fused-ring (bicyclic) bond motifs is 1. The molecule has 0 bridgehead atoms. The van der Waals surface area contributed by atoms with Crippen LogP contribution in [-0.2, 0) is 6.54 Å². The zero-order valence-electron chi connectivity index (χ0n) is 15.8. The van der Waals surface area contributed by atoms with E-state index in [-0.39, 0.29) is 43.1 Å². The second kappa shape index (κ2) is 8.87. The molecule has 2 saturated carbocycles. The molecule has 0 atom stereocenters. The van der Waals surface area contributed by atoms with Gasteiger partial charge in [0.15, 0.2) is 17.5 Å². The van der Waals surface area contributed by atoms with Crippen LogP contribution >= 0.6 is 24.0 Å². The van der Waals surface area contributed by atoms with Crippen molar-refractivity contribution >= 4 is 29.9 Å². The van der Waals surface area contributed by atoms with Gasteiger partial charge in [0.25, 0.3) is 0 Å². The van der Waals surface area contributed by atoms with E-state index in [0.717, 1.165) is 12.5 Å². The van der Waals surface area contributed by atoms with E-state index in [9.17, 15) is 8.78 Å².